The second-order valence-corrected chi connectivity index (χ2v) is 17.3. The quantitative estimate of drug-likeness (QED) is 0.168. The lowest BCUT2D eigenvalue weighted by Gasteiger charge is -2.47. The van der Waals surface area contributed by atoms with Crippen LogP contribution in [0.2, 0.25) is 20.1 Å². The number of benzene rings is 4. The van der Waals surface area contributed by atoms with Gasteiger partial charge in [-0.15, -0.1) is 0 Å². The molecule has 2 heterocycles. The fourth-order valence-corrected chi connectivity index (χ4v) is 9.59. The van der Waals surface area contributed by atoms with Crippen molar-refractivity contribution in [3.8, 4) is 22.5 Å². The van der Waals surface area contributed by atoms with Crippen molar-refractivity contribution < 1.29 is 9.59 Å². The molecule has 6 aromatic rings. The first-order valence-corrected chi connectivity index (χ1v) is 19.4. The van der Waals surface area contributed by atoms with Gasteiger partial charge < -0.3 is 10.6 Å². The van der Waals surface area contributed by atoms with Gasteiger partial charge in [-0.25, -0.2) is 9.97 Å². The Balaban J connectivity index is 1.17. The molecule has 0 aliphatic heterocycles. The van der Waals surface area contributed by atoms with E-state index in [0.29, 0.717) is 77.7 Å². The van der Waals surface area contributed by atoms with Crippen LogP contribution in [0, 0.1) is 24.7 Å². The third-order valence-electron chi connectivity index (χ3n) is 10.6. The Morgan fingerprint density at radius 2 is 1.17 bits per heavy atom. The lowest BCUT2D eigenvalue weighted by atomic mass is 9.62. The molecule has 54 heavy (non-hydrogen) atoms. The van der Waals surface area contributed by atoms with Gasteiger partial charge in [-0.2, -0.15) is 0 Å². The van der Waals surface area contributed by atoms with E-state index in [4.69, 9.17) is 56.4 Å². The van der Waals surface area contributed by atoms with Crippen LogP contribution in [0.1, 0.15) is 71.9 Å². The number of nitrogens with zero attached hydrogens (tertiary/aromatic N) is 2. The standard InChI is InChI=1S/C44H40Cl4N4O2/c1-24-37(31-10-6-8-12-35(31)51-39(24)29-16-14-26(45)18-33(29)47)41(53)49-23-44(5)21-28(20-43(3,4)22-44)50-42(54)38-25(2)40(30-17-15-27(46)19-34(30)48)52-36-13-9-7-11-32(36)38/h6-19,28H,20-23H2,1-5H3,(H,49,53)(H,50,54). The monoisotopic (exact) mass is 796 g/mol. The summed E-state index contributed by atoms with van der Waals surface area (Å²) in [4.78, 5) is 38.5. The number of para-hydroxylation sites is 2. The minimum atomic E-state index is -0.314. The molecule has 0 saturated heterocycles. The maximum atomic E-state index is 14.4. The van der Waals surface area contributed by atoms with Crippen molar-refractivity contribution in [1.29, 1.82) is 0 Å². The summed E-state index contributed by atoms with van der Waals surface area (Å²) in [7, 11) is 0. The lowest BCUT2D eigenvalue weighted by Crippen LogP contribution is -2.50. The van der Waals surface area contributed by atoms with E-state index >= 15 is 0 Å². The minimum Gasteiger partial charge on any atom is -0.351 e. The Hall–Kier alpha value is -4.20. The van der Waals surface area contributed by atoms with Gasteiger partial charge in [-0.05, 0) is 104 Å². The molecule has 0 spiro atoms. The molecule has 6 nitrogen and oxygen atoms in total. The van der Waals surface area contributed by atoms with E-state index in [9.17, 15) is 9.59 Å². The van der Waals surface area contributed by atoms with Gasteiger partial charge in [0.2, 0.25) is 0 Å². The number of rotatable bonds is 7. The zero-order valence-corrected chi connectivity index (χ0v) is 33.7. The number of fused-ring (bicyclic) bond motifs is 2. The summed E-state index contributed by atoms with van der Waals surface area (Å²) in [6.45, 7) is 10.9. The van der Waals surface area contributed by atoms with E-state index in [1.165, 1.54) is 0 Å². The molecule has 1 aliphatic rings. The molecule has 2 N–H and O–H groups in total. The van der Waals surface area contributed by atoms with Gasteiger partial charge in [0, 0.05) is 44.5 Å². The van der Waals surface area contributed by atoms with Crippen molar-refractivity contribution in [3.05, 3.63) is 127 Å². The second kappa shape index (κ2) is 14.8. The van der Waals surface area contributed by atoms with Crippen LogP contribution in [0.25, 0.3) is 44.3 Å². The van der Waals surface area contributed by atoms with Crippen molar-refractivity contribution in [2.45, 2.75) is 59.9 Å². The fraction of sp³-hybridized carbons (Fsp3) is 0.273. The molecule has 2 atom stereocenters. The van der Waals surface area contributed by atoms with Gasteiger partial charge in [0.1, 0.15) is 0 Å². The Morgan fingerprint density at radius 1 is 0.685 bits per heavy atom. The third-order valence-corrected chi connectivity index (χ3v) is 11.6. The SMILES string of the molecule is Cc1c(-c2ccc(Cl)cc2Cl)nc2ccccc2c1C(=O)NCC1(C)CC(NC(=O)c2c(C)c(-c3ccc(Cl)cc3Cl)nc3ccccc23)CC(C)(C)C1. The van der Waals surface area contributed by atoms with Crippen molar-refractivity contribution in [2.24, 2.45) is 10.8 Å². The zero-order chi connectivity index (χ0) is 38.5. The summed E-state index contributed by atoms with van der Waals surface area (Å²) in [5.41, 5.74) is 6.25. The van der Waals surface area contributed by atoms with Crippen LogP contribution in [-0.2, 0) is 0 Å². The Kier molecular flexibility index (Phi) is 10.4. The van der Waals surface area contributed by atoms with Gasteiger partial charge in [-0.3, -0.25) is 9.59 Å². The first-order valence-electron chi connectivity index (χ1n) is 17.9. The molecule has 0 radical (unpaired) electrons. The van der Waals surface area contributed by atoms with Crippen LogP contribution in [0.3, 0.4) is 0 Å². The summed E-state index contributed by atoms with van der Waals surface area (Å²) in [6.07, 6.45) is 2.34. The summed E-state index contributed by atoms with van der Waals surface area (Å²) < 4.78 is 0. The number of halogens is 4. The highest BCUT2D eigenvalue weighted by molar-refractivity contribution is 6.37. The van der Waals surface area contributed by atoms with E-state index in [0.717, 1.165) is 34.7 Å². The van der Waals surface area contributed by atoms with Crippen LogP contribution >= 0.6 is 46.4 Å². The van der Waals surface area contributed by atoms with Gasteiger partial charge in [0.25, 0.3) is 11.8 Å². The highest BCUT2D eigenvalue weighted by atomic mass is 35.5. The van der Waals surface area contributed by atoms with Crippen molar-refractivity contribution in [2.75, 3.05) is 6.54 Å². The number of aromatic nitrogens is 2. The van der Waals surface area contributed by atoms with Crippen LogP contribution in [0.15, 0.2) is 84.9 Å². The average Bonchev–Trinajstić information content (AvgIpc) is 3.09. The molecule has 276 valence electrons. The molecule has 4 aromatic carbocycles. The van der Waals surface area contributed by atoms with Gasteiger partial charge in [0.15, 0.2) is 0 Å². The number of carbonyl (C=O) groups excluding carboxylic acids is 2. The van der Waals surface area contributed by atoms with Crippen LogP contribution in [-0.4, -0.2) is 34.4 Å². The maximum absolute atomic E-state index is 14.4. The van der Waals surface area contributed by atoms with Gasteiger partial charge >= 0.3 is 0 Å². The normalized spacial score (nSPS) is 18.1. The van der Waals surface area contributed by atoms with E-state index in [-0.39, 0.29) is 28.7 Å². The Labute approximate surface area is 335 Å². The largest absolute Gasteiger partial charge is 0.351 e. The third kappa shape index (κ3) is 7.54. The van der Waals surface area contributed by atoms with Crippen LogP contribution < -0.4 is 10.6 Å². The van der Waals surface area contributed by atoms with Crippen molar-refractivity contribution in [1.82, 2.24) is 20.6 Å². The molecule has 1 saturated carbocycles. The molecule has 10 heteroatoms. The maximum Gasteiger partial charge on any atom is 0.252 e. The molecule has 1 aliphatic carbocycles. The smallest absolute Gasteiger partial charge is 0.252 e. The number of carbonyl (C=O) groups is 2. The Bertz CT molecular complexity index is 2480. The van der Waals surface area contributed by atoms with E-state index in [2.05, 4.69) is 31.4 Å². The van der Waals surface area contributed by atoms with Crippen LogP contribution in [0.5, 0.6) is 0 Å². The van der Waals surface area contributed by atoms with Crippen molar-refractivity contribution >= 4 is 80.0 Å². The van der Waals surface area contributed by atoms with Crippen molar-refractivity contribution in [3.63, 3.8) is 0 Å². The molecular weight excluding hydrogens is 758 g/mol. The number of amides is 2. The lowest BCUT2D eigenvalue weighted by molar-refractivity contribution is 0.0592. The molecule has 1 fully saturated rings. The second-order valence-electron chi connectivity index (χ2n) is 15.6. The highest BCUT2D eigenvalue weighted by Gasteiger charge is 2.42. The topological polar surface area (TPSA) is 84.0 Å². The highest BCUT2D eigenvalue weighted by Crippen LogP contribution is 2.46. The van der Waals surface area contributed by atoms with E-state index < -0.39 is 0 Å². The number of nitrogens with one attached hydrogen (secondary N) is 2. The number of hydrogen-bond donors (Lipinski definition) is 2. The number of hydrogen-bond acceptors (Lipinski definition) is 4. The molecule has 2 amide bonds. The molecule has 0 bridgehead atoms. The molecule has 7 rings (SSSR count). The minimum absolute atomic E-state index is 0.106. The summed E-state index contributed by atoms with van der Waals surface area (Å²) >= 11 is 25.7. The zero-order valence-electron chi connectivity index (χ0n) is 30.7. The van der Waals surface area contributed by atoms with Gasteiger partial charge in [-0.1, -0.05) is 104 Å². The predicted octanol–water partition coefficient (Wildman–Crippen LogP) is 12.1. The first-order chi connectivity index (χ1) is 25.6. The summed E-state index contributed by atoms with van der Waals surface area (Å²) in [6, 6.07) is 25.7. The average molecular weight is 799 g/mol. The summed E-state index contributed by atoms with van der Waals surface area (Å²) in [5.74, 6) is -0.353. The predicted molar refractivity (Wildman–Crippen MR) is 223 cm³/mol. The first kappa shape index (κ1) is 38.1. The Morgan fingerprint density at radius 3 is 1.67 bits per heavy atom. The van der Waals surface area contributed by atoms with Crippen LogP contribution in [0.4, 0.5) is 0 Å². The fourth-order valence-electron chi connectivity index (χ4n) is 8.60. The molecule has 2 aromatic heterocycles. The number of pyridine rings is 2. The summed E-state index contributed by atoms with van der Waals surface area (Å²) in [5, 5.41) is 10.2. The van der Waals surface area contributed by atoms with Gasteiger partial charge in [0.05, 0.1) is 43.6 Å². The van der Waals surface area contributed by atoms with E-state index in [1.54, 1.807) is 24.3 Å². The van der Waals surface area contributed by atoms with E-state index in [1.807, 2.05) is 74.5 Å². The molecule has 2 unspecified atom stereocenters. The molecular formula is C44H40Cl4N4O2.